The molecule has 2 aromatic rings. The van der Waals surface area contributed by atoms with Gasteiger partial charge in [-0.15, -0.1) is 0 Å². The first-order chi connectivity index (χ1) is 14.7. The van der Waals surface area contributed by atoms with Gasteiger partial charge in [0.15, 0.2) is 0 Å². The zero-order valence-corrected chi connectivity index (χ0v) is 18.8. The second kappa shape index (κ2) is 9.85. The van der Waals surface area contributed by atoms with Gasteiger partial charge in [-0.3, -0.25) is 14.4 Å². The van der Waals surface area contributed by atoms with Crippen molar-refractivity contribution >= 4 is 52.5 Å². The van der Waals surface area contributed by atoms with E-state index < -0.39 is 17.8 Å². The van der Waals surface area contributed by atoms with Crippen molar-refractivity contribution in [2.75, 3.05) is 26.2 Å². The predicted octanol–water partition coefficient (Wildman–Crippen LogP) is 3.89. The Hall–Kier alpha value is -2.35. The summed E-state index contributed by atoms with van der Waals surface area (Å²) in [7, 11) is 0. The van der Waals surface area contributed by atoms with Crippen molar-refractivity contribution in [3.8, 4) is 0 Å². The van der Waals surface area contributed by atoms with Crippen molar-refractivity contribution in [1.82, 2.24) is 15.1 Å². The molecule has 0 bridgehead atoms. The lowest BCUT2D eigenvalue weighted by atomic mass is 10.1. The Labute approximate surface area is 193 Å². The molecule has 1 atom stereocenters. The number of benzene rings is 2. The summed E-state index contributed by atoms with van der Waals surface area (Å²) in [6.07, 6.45) is 0. The molecule has 3 rings (SSSR count). The van der Waals surface area contributed by atoms with E-state index in [0.717, 1.165) is 6.07 Å². The van der Waals surface area contributed by atoms with Crippen LogP contribution in [-0.2, 0) is 4.79 Å². The zero-order valence-electron chi connectivity index (χ0n) is 16.5. The third-order valence-electron chi connectivity index (χ3n) is 4.95. The summed E-state index contributed by atoms with van der Waals surface area (Å²) < 4.78 is 13.2. The Morgan fingerprint density at radius 3 is 2.23 bits per heavy atom. The Morgan fingerprint density at radius 1 is 0.935 bits per heavy atom. The van der Waals surface area contributed by atoms with Crippen LogP contribution in [0.1, 0.15) is 27.6 Å². The molecule has 1 unspecified atom stereocenters. The molecule has 10 heteroatoms. The summed E-state index contributed by atoms with van der Waals surface area (Å²) in [6, 6.07) is 7.49. The topological polar surface area (TPSA) is 69.7 Å². The summed E-state index contributed by atoms with van der Waals surface area (Å²) in [5.74, 6) is -1.63. The van der Waals surface area contributed by atoms with Gasteiger partial charge in [-0.25, -0.2) is 4.39 Å². The maximum Gasteiger partial charge on any atom is 0.255 e. The summed E-state index contributed by atoms with van der Waals surface area (Å²) >= 11 is 18.0. The van der Waals surface area contributed by atoms with Gasteiger partial charge in [0.25, 0.3) is 11.8 Å². The SMILES string of the molecule is CC(NC(=O)c1cccc(Cl)c1Cl)C(=O)N1CCN(C(=O)c2ccc(F)cc2Cl)CC1. The van der Waals surface area contributed by atoms with Gasteiger partial charge in [0.1, 0.15) is 11.9 Å². The molecule has 1 aliphatic rings. The van der Waals surface area contributed by atoms with Crippen LogP contribution in [-0.4, -0.2) is 59.7 Å². The van der Waals surface area contributed by atoms with Crippen LogP contribution >= 0.6 is 34.8 Å². The molecule has 0 aliphatic carbocycles. The van der Waals surface area contributed by atoms with E-state index in [-0.39, 0.29) is 38.0 Å². The number of nitrogens with zero attached hydrogens (tertiary/aromatic N) is 2. The lowest BCUT2D eigenvalue weighted by Gasteiger charge is -2.36. The van der Waals surface area contributed by atoms with Crippen LogP contribution in [0.3, 0.4) is 0 Å². The number of amides is 3. The Balaban J connectivity index is 1.57. The van der Waals surface area contributed by atoms with E-state index >= 15 is 0 Å². The lowest BCUT2D eigenvalue weighted by molar-refractivity contribution is -0.134. The van der Waals surface area contributed by atoms with E-state index in [1.165, 1.54) is 18.2 Å². The molecule has 1 N–H and O–H groups in total. The molecule has 1 heterocycles. The van der Waals surface area contributed by atoms with Crippen LogP contribution in [0.2, 0.25) is 15.1 Å². The van der Waals surface area contributed by atoms with E-state index in [1.54, 1.807) is 28.9 Å². The van der Waals surface area contributed by atoms with E-state index in [2.05, 4.69) is 5.32 Å². The highest BCUT2D eigenvalue weighted by molar-refractivity contribution is 6.43. The molecule has 1 fully saturated rings. The minimum absolute atomic E-state index is 0.0412. The second-order valence-corrected chi connectivity index (χ2v) is 8.23. The van der Waals surface area contributed by atoms with Crippen molar-refractivity contribution in [2.45, 2.75) is 13.0 Å². The smallest absolute Gasteiger partial charge is 0.255 e. The van der Waals surface area contributed by atoms with Crippen LogP contribution in [0.5, 0.6) is 0 Å². The average Bonchev–Trinajstić information content (AvgIpc) is 2.74. The molecular formula is C21H19Cl3FN3O3. The minimum atomic E-state index is -0.795. The molecule has 0 saturated carbocycles. The number of carbonyl (C=O) groups is 3. The van der Waals surface area contributed by atoms with Crippen LogP contribution in [0.4, 0.5) is 4.39 Å². The average molecular weight is 487 g/mol. The van der Waals surface area contributed by atoms with Crippen molar-refractivity contribution in [1.29, 1.82) is 0 Å². The number of hydrogen-bond acceptors (Lipinski definition) is 3. The number of carbonyl (C=O) groups excluding carboxylic acids is 3. The molecular weight excluding hydrogens is 468 g/mol. The van der Waals surface area contributed by atoms with Gasteiger partial charge in [-0.2, -0.15) is 0 Å². The van der Waals surface area contributed by atoms with Gasteiger partial charge >= 0.3 is 0 Å². The largest absolute Gasteiger partial charge is 0.340 e. The quantitative estimate of drug-likeness (QED) is 0.713. The highest BCUT2D eigenvalue weighted by Gasteiger charge is 2.29. The molecule has 2 aromatic carbocycles. The first-order valence-corrected chi connectivity index (χ1v) is 10.6. The number of rotatable bonds is 4. The summed E-state index contributed by atoms with van der Waals surface area (Å²) in [4.78, 5) is 41.0. The second-order valence-electron chi connectivity index (χ2n) is 7.04. The van der Waals surface area contributed by atoms with Crippen LogP contribution < -0.4 is 5.32 Å². The van der Waals surface area contributed by atoms with E-state index in [4.69, 9.17) is 34.8 Å². The summed E-state index contributed by atoms with van der Waals surface area (Å²) in [6.45, 7) is 2.75. The van der Waals surface area contributed by atoms with Crippen LogP contribution in [0.15, 0.2) is 36.4 Å². The lowest BCUT2D eigenvalue weighted by Crippen LogP contribution is -2.55. The maximum atomic E-state index is 13.2. The first kappa shape index (κ1) is 23.3. The van der Waals surface area contributed by atoms with Crippen molar-refractivity contribution in [2.24, 2.45) is 0 Å². The fourth-order valence-corrected chi connectivity index (χ4v) is 3.89. The highest BCUT2D eigenvalue weighted by Crippen LogP contribution is 2.25. The van der Waals surface area contributed by atoms with Gasteiger partial charge in [0.05, 0.1) is 26.2 Å². The monoisotopic (exact) mass is 485 g/mol. The molecule has 3 amide bonds. The normalized spacial score (nSPS) is 14.9. The van der Waals surface area contributed by atoms with Gasteiger partial charge in [-0.05, 0) is 37.3 Å². The zero-order chi connectivity index (χ0) is 22.7. The van der Waals surface area contributed by atoms with E-state index in [9.17, 15) is 18.8 Å². The molecule has 164 valence electrons. The van der Waals surface area contributed by atoms with Gasteiger partial charge in [0.2, 0.25) is 5.91 Å². The van der Waals surface area contributed by atoms with Crippen molar-refractivity contribution < 1.29 is 18.8 Å². The van der Waals surface area contributed by atoms with Gasteiger partial charge in [-0.1, -0.05) is 40.9 Å². The molecule has 6 nitrogen and oxygen atoms in total. The Bertz CT molecular complexity index is 1030. The molecule has 0 radical (unpaired) electrons. The highest BCUT2D eigenvalue weighted by atomic mass is 35.5. The van der Waals surface area contributed by atoms with Crippen LogP contribution in [0, 0.1) is 5.82 Å². The van der Waals surface area contributed by atoms with Gasteiger partial charge in [0, 0.05) is 26.2 Å². The predicted molar refractivity (Wildman–Crippen MR) is 117 cm³/mol. The summed E-state index contributed by atoms with van der Waals surface area (Å²) in [5.41, 5.74) is 0.391. The third kappa shape index (κ3) is 5.29. The molecule has 1 aliphatic heterocycles. The number of piperazine rings is 1. The Kier molecular flexibility index (Phi) is 7.41. The number of hydrogen-bond donors (Lipinski definition) is 1. The van der Waals surface area contributed by atoms with Crippen LogP contribution in [0.25, 0.3) is 0 Å². The maximum absolute atomic E-state index is 13.2. The minimum Gasteiger partial charge on any atom is -0.340 e. The van der Waals surface area contributed by atoms with Crippen molar-refractivity contribution in [3.05, 3.63) is 68.4 Å². The fraction of sp³-hybridized carbons (Fsp3) is 0.286. The van der Waals surface area contributed by atoms with E-state index in [1.807, 2.05) is 0 Å². The molecule has 0 spiro atoms. The van der Waals surface area contributed by atoms with Crippen molar-refractivity contribution in [3.63, 3.8) is 0 Å². The molecule has 0 aromatic heterocycles. The third-order valence-corrected chi connectivity index (χ3v) is 6.09. The molecule has 31 heavy (non-hydrogen) atoms. The standard InChI is InChI=1S/C21H19Cl3FN3O3/c1-12(26-19(29)15-3-2-4-16(22)18(15)24)20(30)27-7-9-28(10-8-27)21(31)14-6-5-13(25)11-17(14)23/h2-6,11-12H,7-10H2,1H3,(H,26,29). The summed E-state index contributed by atoms with van der Waals surface area (Å²) in [5, 5.41) is 3.03. The Morgan fingerprint density at radius 2 is 1.58 bits per heavy atom. The van der Waals surface area contributed by atoms with Gasteiger partial charge < -0.3 is 15.1 Å². The number of halogens is 4. The first-order valence-electron chi connectivity index (χ1n) is 9.47. The van der Waals surface area contributed by atoms with E-state index in [0.29, 0.717) is 26.2 Å². The number of nitrogens with one attached hydrogen (secondary N) is 1. The fourth-order valence-electron chi connectivity index (χ4n) is 3.25. The molecule has 1 saturated heterocycles.